The highest BCUT2D eigenvalue weighted by atomic mass is 16.6. The molecule has 0 radical (unpaired) electrons. The molecular weight excluding hydrogens is 1140 g/mol. The lowest BCUT2D eigenvalue weighted by atomic mass is 9.98. The Kier molecular flexibility index (Phi) is 22.9. The Morgan fingerprint density at radius 2 is 1.03 bits per heavy atom. The Hall–Kier alpha value is -9.68. The van der Waals surface area contributed by atoms with Crippen LogP contribution in [0.3, 0.4) is 0 Å². The molecule has 0 saturated carbocycles. The van der Waals surface area contributed by atoms with E-state index in [0.29, 0.717) is 17.7 Å². The quantitative estimate of drug-likeness (QED) is 0.0393. The van der Waals surface area contributed by atoms with Crippen molar-refractivity contribution in [1.82, 2.24) is 47.0 Å². The number of carbonyl (C=O) groups is 12. The third-order valence-corrected chi connectivity index (χ3v) is 15.7. The molecule has 0 spiro atoms. The van der Waals surface area contributed by atoms with E-state index < -0.39 is 140 Å². The molecule has 3 aliphatic rings. The fraction of sp³-hybridized carbons (Fsp3) is 0.429. The molecule has 0 bridgehead atoms. The van der Waals surface area contributed by atoms with Gasteiger partial charge in [-0.05, 0) is 89.0 Å². The van der Waals surface area contributed by atoms with Crippen LogP contribution in [0, 0.1) is 11.8 Å². The van der Waals surface area contributed by atoms with E-state index in [9.17, 15) is 57.5 Å². The van der Waals surface area contributed by atoms with Gasteiger partial charge in [0, 0.05) is 24.8 Å². The minimum absolute atomic E-state index is 0.0743. The number of carboxylic acid groups (broad SMARTS) is 2. The maximum Gasteiger partial charge on any atom is 0.419 e. The van der Waals surface area contributed by atoms with Gasteiger partial charge >= 0.3 is 24.1 Å². The molecule has 4 aromatic carbocycles. The molecule has 10 amide bonds. The summed E-state index contributed by atoms with van der Waals surface area (Å²) < 4.78 is 11.8. The molecule has 7 rings (SSSR count). The standard InChI is InChI=1S/C63H75N9O16/c1-6-36(4)56(61(84)67-37(5)57(80)64-29-51(73)68-48(25-26-54(76)77)58(81)66-31-55(78)79)70-52(74)30-65-59(82)49(28-35(2)3)69-60(83)50-24-15-27-71(50)53(75)32-72(62(85)87-33-46-42-20-11-7-16-38(42)39-17-8-12-21-43(39)46)63(86)88-34-47-44-22-13-9-18-40(44)41-19-10-14-23-45(41)47/h7-14,16-23,35-37,46-50,56H,6,15,24-34H2,1-5H3,(H,64,80)(H,65,82)(H,66,81)(H,67,84)(H,68,73)(H,69,83)(H,70,74)(H,76,77)(H,78,79)/t36-,37-,48-,49-,50-,56-/m0/s1. The van der Waals surface area contributed by atoms with Crippen molar-refractivity contribution in [2.45, 2.75) is 115 Å². The molecule has 9 N–H and O–H groups in total. The number of rotatable bonds is 28. The zero-order valence-corrected chi connectivity index (χ0v) is 49.6. The minimum Gasteiger partial charge on any atom is -0.481 e. The van der Waals surface area contributed by atoms with Crippen LogP contribution < -0.4 is 37.2 Å². The number of fused-ring (bicyclic) bond motifs is 6. The summed E-state index contributed by atoms with van der Waals surface area (Å²) in [6, 6.07) is 24.6. The van der Waals surface area contributed by atoms with Crippen LogP contribution in [-0.4, -0.2) is 168 Å². The van der Waals surface area contributed by atoms with Gasteiger partial charge in [0.25, 0.3) is 0 Å². The zero-order valence-electron chi connectivity index (χ0n) is 49.6. The largest absolute Gasteiger partial charge is 0.481 e. The summed E-state index contributed by atoms with van der Waals surface area (Å²) in [5.74, 6) is -10.6. The van der Waals surface area contributed by atoms with Gasteiger partial charge in [-0.25, -0.2) is 14.5 Å². The molecule has 25 nitrogen and oxygen atoms in total. The first-order valence-corrected chi connectivity index (χ1v) is 29.3. The average molecular weight is 1210 g/mol. The van der Waals surface area contributed by atoms with Gasteiger partial charge in [-0.2, -0.15) is 0 Å². The van der Waals surface area contributed by atoms with Gasteiger partial charge < -0.3 is 61.8 Å². The number of hydrogen-bond acceptors (Lipinski definition) is 14. The number of carbonyl (C=O) groups excluding carboxylic acids is 10. The second kappa shape index (κ2) is 30.6. The van der Waals surface area contributed by atoms with Gasteiger partial charge in [-0.15, -0.1) is 0 Å². The molecule has 2 aliphatic carbocycles. The van der Waals surface area contributed by atoms with Gasteiger partial charge in [0.15, 0.2) is 0 Å². The van der Waals surface area contributed by atoms with Crippen LogP contribution in [0.1, 0.15) is 107 Å². The number of nitrogens with one attached hydrogen (secondary N) is 7. The zero-order chi connectivity index (χ0) is 63.8. The van der Waals surface area contributed by atoms with Gasteiger partial charge in [0.1, 0.15) is 56.5 Å². The summed E-state index contributed by atoms with van der Waals surface area (Å²) in [7, 11) is 0. The van der Waals surface area contributed by atoms with E-state index in [4.69, 9.17) is 19.7 Å². The topological polar surface area (TPSA) is 354 Å². The first-order chi connectivity index (χ1) is 42.1. The van der Waals surface area contributed by atoms with Crippen LogP contribution in [0.15, 0.2) is 97.1 Å². The average Bonchev–Trinajstić information content (AvgIpc) is 2.14. The number of amides is 10. The van der Waals surface area contributed by atoms with Crippen molar-refractivity contribution in [3.63, 3.8) is 0 Å². The van der Waals surface area contributed by atoms with Crippen molar-refractivity contribution in [3.05, 3.63) is 119 Å². The predicted octanol–water partition coefficient (Wildman–Crippen LogP) is 3.53. The van der Waals surface area contributed by atoms with Crippen LogP contribution in [0.4, 0.5) is 9.59 Å². The maximum absolute atomic E-state index is 14.5. The van der Waals surface area contributed by atoms with E-state index in [-0.39, 0.29) is 56.8 Å². The normalized spacial score (nSPS) is 15.5. The summed E-state index contributed by atoms with van der Waals surface area (Å²) in [5.41, 5.74) is 7.63. The van der Waals surface area contributed by atoms with E-state index in [0.717, 1.165) is 44.5 Å². The van der Waals surface area contributed by atoms with Crippen molar-refractivity contribution < 1.29 is 77.2 Å². The Labute approximate surface area is 508 Å². The molecule has 0 unspecified atom stereocenters. The fourth-order valence-electron chi connectivity index (χ4n) is 11.1. The Morgan fingerprint density at radius 3 is 1.51 bits per heavy atom. The molecule has 0 aromatic heterocycles. The molecule has 4 aromatic rings. The summed E-state index contributed by atoms with van der Waals surface area (Å²) >= 11 is 0. The number of benzene rings is 4. The molecule has 6 atom stereocenters. The third-order valence-electron chi connectivity index (χ3n) is 15.7. The Bertz CT molecular complexity index is 3100. The summed E-state index contributed by atoms with van der Waals surface area (Å²) in [4.78, 5) is 160. The molecule has 1 aliphatic heterocycles. The van der Waals surface area contributed by atoms with E-state index in [1.165, 1.54) is 11.8 Å². The molecule has 1 saturated heterocycles. The molecule has 1 fully saturated rings. The van der Waals surface area contributed by atoms with Gasteiger partial charge in [-0.1, -0.05) is 131 Å². The highest BCUT2D eigenvalue weighted by Crippen LogP contribution is 2.46. The number of hydrogen-bond donors (Lipinski definition) is 9. The second-order valence-corrected chi connectivity index (χ2v) is 22.4. The molecule has 88 heavy (non-hydrogen) atoms. The predicted molar refractivity (Wildman–Crippen MR) is 317 cm³/mol. The first-order valence-electron chi connectivity index (χ1n) is 29.3. The number of likely N-dealkylation sites (tertiary alicyclic amines) is 1. The maximum atomic E-state index is 14.5. The second-order valence-electron chi connectivity index (χ2n) is 22.4. The lowest BCUT2D eigenvalue weighted by molar-refractivity contribution is -0.140. The Balaban J connectivity index is 0.957. The van der Waals surface area contributed by atoms with Crippen molar-refractivity contribution in [3.8, 4) is 22.3 Å². The van der Waals surface area contributed by atoms with Crippen LogP contribution in [0.5, 0.6) is 0 Å². The molecule has 1 heterocycles. The summed E-state index contributed by atoms with van der Waals surface area (Å²) in [6.45, 7) is 5.08. The third kappa shape index (κ3) is 16.8. The van der Waals surface area contributed by atoms with E-state index in [2.05, 4.69) is 37.2 Å². The smallest absolute Gasteiger partial charge is 0.419 e. The van der Waals surface area contributed by atoms with Crippen LogP contribution >= 0.6 is 0 Å². The number of carboxylic acids is 2. The monoisotopic (exact) mass is 1210 g/mol. The summed E-state index contributed by atoms with van der Waals surface area (Å²) in [6.07, 6.45) is -2.17. The van der Waals surface area contributed by atoms with Crippen molar-refractivity contribution in [1.29, 1.82) is 0 Å². The van der Waals surface area contributed by atoms with Crippen molar-refractivity contribution in [2.75, 3.05) is 45.9 Å². The number of nitrogens with zero attached hydrogens (tertiary/aromatic N) is 2. The highest BCUT2D eigenvalue weighted by Gasteiger charge is 2.40. The van der Waals surface area contributed by atoms with Crippen LogP contribution in [0.2, 0.25) is 0 Å². The van der Waals surface area contributed by atoms with Gasteiger partial charge in [0.05, 0.1) is 13.1 Å². The first kappa shape index (κ1) is 65.9. The highest BCUT2D eigenvalue weighted by molar-refractivity contribution is 5.98. The number of imide groups is 1. The lowest BCUT2D eigenvalue weighted by Gasteiger charge is -2.29. The molecule has 468 valence electrons. The van der Waals surface area contributed by atoms with E-state index in [1.54, 1.807) is 13.8 Å². The van der Waals surface area contributed by atoms with Crippen LogP contribution in [-0.2, 0) is 57.4 Å². The van der Waals surface area contributed by atoms with Gasteiger partial charge in [-0.3, -0.25) is 47.9 Å². The lowest BCUT2D eigenvalue weighted by Crippen LogP contribution is -2.57. The Morgan fingerprint density at radius 1 is 0.568 bits per heavy atom. The van der Waals surface area contributed by atoms with Crippen LogP contribution in [0.25, 0.3) is 22.3 Å². The number of ether oxygens (including phenoxy) is 2. The van der Waals surface area contributed by atoms with Crippen molar-refractivity contribution >= 4 is 71.4 Å². The fourth-order valence-corrected chi connectivity index (χ4v) is 11.1. The van der Waals surface area contributed by atoms with Gasteiger partial charge in [0.2, 0.25) is 47.3 Å². The molecular formula is C63H75N9O16. The SMILES string of the molecule is CC[C@H](C)[C@H](NC(=O)CNC(=O)[C@H](CC(C)C)NC(=O)[C@@H]1CCCN1C(=O)CN(C(=O)OCC1c2ccccc2-c2ccccc21)C(=O)OCC1c2ccccc2-c2ccccc21)C(=O)N[C@@H](C)C(=O)NCC(=O)N[C@@H](CCC(=O)O)C(=O)NCC(=O)O. The minimum atomic E-state index is -1.44. The number of aliphatic carboxylic acids is 2. The van der Waals surface area contributed by atoms with Crippen molar-refractivity contribution in [2.24, 2.45) is 11.8 Å². The van der Waals surface area contributed by atoms with E-state index in [1.807, 2.05) is 111 Å². The summed E-state index contributed by atoms with van der Waals surface area (Å²) in [5, 5.41) is 34.8. The van der Waals surface area contributed by atoms with E-state index >= 15 is 0 Å². The molecule has 25 heteroatoms.